The Balaban J connectivity index is 1.38. The number of amides is 1. The second-order valence-corrected chi connectivity index (χ2v) is 8.51. The standard InChI is InChI=1S/C21H24N4O3S/c1-15-5-9-29-19(15)20(26)25-7-8-27-14-21(13-25)6-4-17(28-21)12-24-18-3-2-16(10-22)11-23-18/h2-3,5,9,11,17H,4,6-8,12-14H2,1H3,(H,23,24). The molecule has 2 aliphatic rings. The number of nitriles is 1. The molecule has 0 radical (unpaired) electrons. The summed E-state index contributed by atoms with van der Waals surface area (Å²) in [5.41, 5.74) is 1.10. The molecule has 7 nitrogen and oxygen atoms in total. The first-order chi connectivity index (χ1) is 14.1. The van der Waals surface area contributed by atoms with Gasteiger partial charge in [-0.05, 0) is 48.9 Å². The van der Waals surface area contributed by atoms with Gasteiger partial charge in [-0.15, -0.1) is 11.3 Å². The van der Waals surface area contributed by atoms with Crippen molar-refractivity contribution in [3.8, 4) is 6.07 Å². The smallest absolute Gasteiger partial charge is 0.264 e. The summed E-state index contributed by atoms with van der Waals surface area (Å²) in [4.78, 5) is 19.9. The fraction of sp³-hybridized carbons (Fsp3) is 0.476. The Bertz CT molecular complexity index is 907. The molecule has 29 heavy (non-hydrogen) atoms. The first-order valence-corrected chi connectivity index (χ1v) is 10.7. The second kappa shape index (κ2) is 8.49. The predicted molar refractivity (Wildman–Crippen MR) is 110 cm³/mol. The van der Waals surface area contributed by atoms with Crippen LogP contribution in [-0.2, 0) is 9.47 Å². The summed E-state index contributed by atoms with van der Waals surface area (Å²) >= 11 is 1.49. The Morgan fingerprint density at radius 2 is 2.38 bits per heavy atom. The number of aromatic nitrogens is 1. The minimum absolute atomic E-state index is 0.0227. The van der Waals surface area contributed by atoms with Crippen LogP contribution in [0.15, 0.2) is 29.8 Å². The third kappa shape index (κ3) is 4.42. The SMILES string of the molecule is Cc1ccsc1C(=O)N1CCOCC2(CCC(CNc3ccc(C#N)cn3)O2)C1. The van der Waals surface area contributed by atoms with E-state index in [4.69, 9.17) is 14.7 Å². The molecule has 2 unspecified atom stereocenters. The Kier molecular flexibility index (Phi) is 5.81. The average Bonchev–Trinajstić information content (AvgIpc) is 3.28. The molecule has 2 aromatic heterocycles. The zero-order chi connectivity index (χ0) is 20.3. The number of carbonyl (C=O) groups is 1. The fourth-order valence-corrected chi connectivity index (χ4v) is 4.75. The van der Waals surface area contributed by atoms with Gasteiger partial charge in [-0.1, -0.05) is 0 Å². The molecule has 4 rings (SSSR count). The van der Waals surface area contributed by atoms with Crippen molar-refractivity contribution in [3.05, 3.63) is 45.8 Å². The lowest BCUT2D eigenvalue weighted by Crippen LogP contribution is -2.47. The van der Waals surface area contributed by atoms with Crippen molar-refractivity contribution >= 4 is 23.1 Å². The van der Waals surface area contributed by atoms with Gasteiger partial charge < -0.3 is 19.7 Å². The third-order valence-corrected chi connectivity index (χ3v) is 6.44. The summed E-state index contributed by atoms with van der Waals surface area (Å²) in [6.07, 6.45) is 3.32. The van der Waals surface area contributed by atoms with Crippen LogP contribution in [0.2, 0.25) is 0 Å². The van der Waals surface area contributed by atoms with Crippen LogP contribution in [0.1, 0.15) is 33.6 Å². The molecule has 1 spiro atoms. The van der Waals surface area contributed by atoms with E-state index in [2.05, 4.69) is 16.4 Å². The van der Waals surface area contributed by atoms with Gasteiger partial charge in [0.1, 0.15) is 17.5 Å². The van der Waals surface area contributed by atoms with Crippen LogP contribution in [0.5, 0.6) is 0 Å². The molecule has 4 heterocycles. The number of anilines is 1. The predicted octanol–water partition coefficient (Wildman–Crippen LogP) is 2.83. The van der Waals surface area contributed by atoms with Gasteiger partial charge in [0.05, 0.1) is 36.3 Å². The number of nitrogens with one attached hydrogen (secondary N) is 1. The van der Waals surface area contributed by atoms with Crippen LogP contribution in [0.25, 0.3) is 0 Å². The van der Waals surface area contributed by atoms with E-state index in [0.717, 1.165) is 29.1 Å². The van der Waals surface area contributed by atoms with Gasteiger partial charge in [0.2, 0.25) is 0 Å². The van der Waals surface area contributed by atoms with Crippen LogP contribution < -0.4 is 5.32 Å². The van der Waals surface area contributed by atoms with Crippen LogP contribution in [0, 0.1) is 18.3 Å². The van der Waals surface area contributed by atoms with Crippen molar-refractivity contribution < 1.29 is 14.3 Å². The van der Waals surface area contributed by atoms with Crippen LogP contribution >= 0.6 is 11.3 Å². The summed E-state index contributed by atoms with van der Waals surface area (Å²) in [5, 5.41) is 14.1. The minimum Gasteiger partial charge on any atom is -0.377 e. The maximum atomic E-state index is 13.0. The summed E-state index contributed by atoms with van der Waals surface area (Å²) in [6.45, 7) is 4.76. The summed E-state index contributed by atoms with van der Waals surface area (Å²) in [7, 11) is 0. The number of carbonyl (C=O) groups excluding carboxylic acids is 1. The minimum atomic E-state index is -0.457. The number of hydrogen-bond acceptors (Lipinski definition) is 7. The van der Waals surface area contributed by atoms with E-state index in [0.29, 0.717) is 38.4 Å². The quantitative estimate of drug-likeness (QED) is 0.831. The molecule has 0 aromatic carbocycles. The van der Waals surface area contributed by atoms with Gasteiger partial charge in [0.15, 0.2) is 0 Å². The molecule has 0 saturated carbocycles. The Morgan fingerprint density at radius 3 is 3.10 bits per heavy atom. The third-order valence-electron chi connectivity index (χ3n) is 5.44. The fourth-order valence-electron chi connectivity index (χ4n) is 3.86. The molecule has 2 aromatic rings. The normalized spacial score (nSPS) is 24.3. The monoisotopic (exact) mass is 412 g/mol. The lowest BCUT2D eigenvalue weighted by atomic mass is 10.00. The van der Waals surface area contributed by atoms with Gasteiger partial charge in [0, 0.05) is 19.3 Å². The number of thiophene rings is 1. The maximum Gasteiger partial charge on any atom is 0.264 e. The molecule has 2 atom stereocenters. The highest BCUT2D eigenvalue weighted by Gasteiger charge is 2.44. The van der Waals surface area contributed by atoms with Crippen molar-refractivity contribution in [3.63, 3.8) is 0 Å². The number of nitrogens with zero attached hydrogens (tertiary/aromatic N) is 3. The maximum absolute atomic E-state index is 13.0. The van der Waals surface area contributed by atoms with E-state index >= 15 is 0 Å². The Labute approximate surface area is 174 Å². The zero-order valence-corrected chi connectivity index (χ0v) is 17.2. The summed E-state index contributed by atoms with van der Waals surface area (Å²) in [5.74, 6) is 0.782. The Morgan fingerprint density at radius 1 is 1.48 bits per heavy atom. The van der Waals surface area contributed by atoms with E-state index < -0.39 is 5.60 Å². The van der Waals surface area contributed by atoms with Gasteiger partial charge in [-0.3, -0.25) is 4.79 Å². The van der Waals surface area contributed by atoms with E-state index in [1.165, 1.54) is 11.3 Å². The topological polar surface area (TPSA) is 87.5 Å². The summed E-state index contributed by atoms with van der Waals surface area (Å²) < 4.78 is 12.2. The van der Waals surface area contributed by atoms with E-state index in [1.54, 1.807) is 18.3 Å². The highest BCUT2D eigenvalue weighted by molar-refractivity contribution is 7.12. The number of aryl methyl sites for hydroxylation is 1. The summed E-state index contributed by atoms with van der Waals surface area (Å²) in [6, 6.07) is 7.57. The molecule has 2 aliphatic heterocycles. The van der Waals surface area contributed by atoms with Crippen molar-refractivity contribution in [1.29, 1.82) is 5.26 Å². The van der Waals surface area contributed by atoms with Crippen molar-refractivity contribution in [2.75, 3.05) is 38.2 Å². The van der Waals surface area contributed by atoms with Crippen LogP contribution in [-0.4, -0.2) is 60.3 Å². The van der Waals surface area contributed by atoms with Crippen LogP contribution in [0.3, 0.4) is 0 Å². The van der Waals surface area contributed by atoms with Crippen molar-refractivity contribution in [1.82, 2.24) is 9.88 Å². The lowest BCUT2D eigenvalue weighted by Gasteiger charge is -2.32. The van der Waals surface area contributed by atoms with Crippen molar-refractivity contribution in [2.45, 2.75) is 31.5 Å². The van der Waals surface area contributed by atoms with Gasteiger partial charge in [0.25, 0.3) is 5.91 Å². The first-order valence-electron chi connectivity index (χ1n) is 9.77. The molecule has 1 amide bonds. The van der Waals surface area contributed by atoms with Gasteiger partial charge in [-0.2, -0.15) is 5.26 Å². The zero-order valence-electron chi connectivity index (χ0n) is 16.4. The highest BCUT2D eigenvalue weighted by Crippen LogP contribution is 2.34. The molecule has 0 aliphatic carbocycles. The number of rotatable bonds is 4. The van der Waals surface area contributed by atoms with Crippen molar-refractivity contribution in [2.24, 2.45) is 0 Å². The van der Waals surface area contributed by atoms with E-state index in [-0.39, 0.29) is 12.0 Å². The highest BCUT2D eigenvalue weighted by atomic mass is 32.1. The molecular weight excluding hydrogens is 388 g/mol. The molecule has 8 heteroatoms. The Hall–Kier alpha value is -2.47. The van der Waals surface area contributed by atoms with E-state index in [9.17, 15) is 4.79 Å². The van der Waals surface area contributed by atoms with E-state index in [1.807, 2.05) is 23.3 Å². The van der Waals surface area contributed by atoms with Gasteiger partial charge >= 0.3 is 0 Å². The second-order valence-electron chi connectivity index (χ2n) is 7.60. The number of ether oxygens (including phenoxy) is 2. The molecule has 2 saturated heterocycles. The largest absolute Gasteiger partial charge is 0.377 e. The lowest BCUT2D eigenvalue weighted by molar-refractivity contribution is -0.0802. The first kappa shape index (κ1) is 19.8. The van der Waals surface area contributed by atoms with Gasteiger partial charge in [-0.25, -0.2) is 4.98 Å². The van der Waals surface area contributed by atoms with Crippen LogP contribution in [0.4, 0.5) is 5.82 Å². The molecule has 2 fully saturated rings. The molecule has 152 valence electrons. The number of pyridine rings is 1. The average molecular weight is 413 g/mol. The molecule has 1 N–H and O–H groups in total. The molecule has 0 bridgehead atoms. The molecular formula is C21H24N4O3S. The number of hydrogen-bond donors (Lipinski definition) is 1.